The molecule has 0 spiro atoms. The third kappa shape index (κ3) is 2.43. The molecule has 3 nitrogen and oxygen atoms in total. The molecule has 2 aromatic carbocycles. The van der Waals surface area contributed by atoms with Gasteiger partial charge in [-0.2, -0.15) is 0 Å². The van der Waals surface area contributed by atoms with Crippen molar-refractivity contribution in [3.05, 3.63) is 65.9 Å². The number of benzene rings is 2. The number of para-hydroxylation sites is 1. The summed E-state index contributed by atoms with van der Waals surface area (Å²) in [7, 11) is 0. The summed E-state index contributed by atoms with van der Waals surface area (Å²) in [5.74, 6) is 0.0937. The molecule has 0 aliphatic rings. The van der Waals surface area contributed by atoms with Gasteiger partial charge in [-0.05, 0) is 36.2 Å². The Balaban J connectivity index is 1.81. The van der Waals surface area contributed by atoms with Gasteiger partial charge >= 0.3 is 0 Å². The van der Waals surface area contributed by atoms with Gasteiger partial charge in [0.15, 0.2) is 5.76 Å². The molecular formula is C17H15NO2. The largest absolute Gasteiger partial charge is 0.451 e. The first-order chi connectivity index (χ1) is 9.76. The Morgan fingerprint density at radius 1 is 1.10 bits per heavy atom. The second kappa shape index (κ2) is 5.21. The number of amides is 1. The van der Waals surface area contributed by atoms with Gasteiger partial charge in [-0.25, -0.2) is 0 Å². The van der Waals surface area contributed by atoms with Crippen molar-refractivity contribution in [2.75, 3.05) is 5.32 Å². The van der Waals surface area contributed by atoms with E-state index < -0.39 is 0 Å². The van der Waals surface area contributed by atoms with E-state index in [-0.39, 0.29) is 5.91 Å². The summed E-state index contributed by atoms with van der Waals surface area (Å²) in [5.41, 5.74) is 2.73. The molecule has 1 aromatic heterocycles. The Morgan fingerprint density at radius 2 is 1.85 bits per heavy atom. The van der Waals surface area contributed by atoms with Crippen LogP contribution in [0.15, 0.2) is 59.0 Å². The van der Waals surface area contributed by atoms with Crippen LogP contribution in [0.3, 0.4) is 0 Å². The van der Waals surface area contributed by atoms with E-state index in [0.29, 0.717) is 5.76 Å². The molecule has 0 aliphatic heterocycles. The predicted octanol–water partition coefficient (Wildman–Crippen LogP) is 4.25. The van der Waals surface area contributed by atoms with Crippen LogP contribution >= 0.6 is 0 Å². The van der Waals surface area contributed by atoms with Crippen molar-refractivity contribution in [3.8, 4) is 0 Å². The normalized spacial score (nSPS) is 10.7. The van der Waals surface area contributed by atoms with E-state index in [2.05, 4.69) is 12.2 Å². The fraction of sp³-hybridized carbons (Fsp3) is 0.118. The number of hydrogen-bond donors (Lipinski definition) is 1. The van der Waals surface area contributed by atoms with Gasteiger partial charge in [0, 0.05) is 11.1 Å². The zero-order valence-corrected chi connectivity index (χ0v) is 11.2. The average Bonchev–Trinajstić information content (AvgIpc) is 2.92. The second-order valence-corrected chi connectivity index (χ2v) is 4.65. The van der Waals surface area contributed by atoms with E-state index in [1.807, 2.05) is 48.5 Å². The van der Waals surface area contributed by atoms with E-state index in [4.69, 9.17) is 4.42 Å². The number of fused-ring (bicyclic) bond motifs is 1. The lowest BCUT2D eigenvalue weighted by Gasteiger charge is -2.03. The number of rotatable bonds is 3. The highest BCUT2D eigenvalue weighted by molar-refractivity contribution is 6.04. The van der Waals surface area contributed by atoms with Crippen molar-refractivity contribution in [2.45, 2.75) is 13.3 Å². The average molecular weight is 265 g/mol. The van der Waals surface area contributed by atoms with Gasteiger partial charge in [0.1, 0.15) is 5.58 Å². The number of furan rings is 1. The summed E-state index contributed by atoms with van der Waals surface area (Å²) in [6.45, 7) is 2.10. The van der Waals surface area contributed by atoms with E-state index in [9.17, 15) is 4.79 Å². The summed E-state index contributed by atoms with van der Waals surface area (Å²) in [6.07, 6.45) is 0.984. The molecule has 0 unspecified atom stereocenters. The number of aryl methyl sites for hydroxylation is 1. The van der Waals surface area contributed by atoms with Crippen LogP contribution in [0.2, 0.25) is 0 Å². The summed E-state index contributed by atoms with van der Waals surface area (Å²) in [6, 6.07) is 17.2. The first-order valence-electron chi connectivity index (χ1n) is 6.65. The Hall–Kier alpha value is -2.55. The van der Waals surface area contributed by atoms with Gasteiger partial charge in [0.2, 0.25) is 0 Å². The highest BCUT2D eigenvalue weighted by Crippen LogP contribution is 2.20. The van der Waals surface area contributed by atoms with Gasteiger partial charge in [0.05, 0.1) is 0 Å². The van der Waals surface area contributed by atoms with Crippen LogP contribution in [0.25, 0.3) is 11.0 Å². The number of anilines is 1. The molecule has 0 aliphatic carbocycles. The Bertz CT molecular complexity index is 708. The van der Waals surface area contributed by atoms with Crippen LogP contribution in [0, 0.1) is 0 Å². The minimum absolute atomic E-state index is 0.231. The van der Waals surface area contributed by atoms with Gasteiger partial charge < -0.3 is 9.73 Å². The Labute approximate surface area is 117 Å². The molecule has 3 rings (SSSR count). The maximum absolute atomic E-state index is 12.1. The van der Waals surface area contributed by atoms with Crippen LogP contribution in [0.5, 0.6) is 0 Å². The van der Waals surface area contributed by atoms with E-state index in [0.717, 1.165) is 23.1 Å². The van der Waals surface area contributed by atoms with Crippen molar-refractivity contribution >= 4 is 22.6 Å². The molecule has 3 heteroatoms. The molecule has 0 saturated carbocycles. The van der Waals surface area contributed by atoms with Crippen molar-refractivity contribution in [2.24, 2.45) is 0 Å². The zero-order chi connectivity index (χ0) is 13.9. The van der Waals surface area contributed by atoms with Gasteiger partial charge in [-0.1, -0.05) is 37.3 Å². The third-order valence-corrected chi connectivity index (χ3v) is 3.27. The van der Waals surface area contributed by atoms with Crippen LogP contribution in [0.1, 0.15) is 23.0 Å². The number of nitrogens with one attached hydrogen (secondary N) is 1. The van der Waals surface area contributed by atoms with Gasteiger partial charge in [-0.15, -0.1) is 0 Å². The topological polar surface area (TPSA) is 42.2 Å². The van der Waals surface area contributed by atoms with E-state index in [1.165, 1.54) is 5.56 Å². The molecule has 0 atom stereocenters. The first-order valence-corrected chi connectivity index (χ1v) is 6.65. The van der Waals surface area contributed by atoms with Crippen molar-refractivity contribution in [1.82, 2.24) is 0 Å². The lowest BCUT2D eigenvalue weighted by molar-refractivity contribution is 0.0998. The maximum atomic E-state index is 12.1. The van der Waals surface area contributed by atoms with Crippen LogP contribution in [0.4, 0.5) is 5.69 Å². The van der Waals surface area contributed by atoms with Crippen molar-refractivity contribution in [1.29, 1.82) is 0 Å². The summed E-state index contributed by atoms with van der Waals surface area (Å²) in [4.78, 5) is 12.1. The molecule has 20 heavy (non-hydrogen) atoms. The van der Waals surface area contributed by atoms with Crippen LogP contribution in [-0.2, 0) is 6.42 Å². The number of carbonyl (C=O) groups excluding carboxylic acids is 1. The minimum atomic E-state index is -0.231. The van der Waals surface area contributed by atoms with Crippen LogP contribution in [-0.4, -0.2) is 5.91 Å². The lowest BCUT2D eigenvalue weighted by atomic mass is 10.1. The maximum Gasteiger partial charge on any atom is 0.291 e. The standard InChI is InChI=1S/C17H15NO2/c1-2-12-7-9-14(10-8-12)18-17(19)16-11-13-5-3-4-6-15(13)20-16/h3-11H,2H2,1H3,(H,18,19). The van der Waals surface area contributed by atoms with Crippen molar-refractivity contribution < 1.29 is 9.21 Å². The second-order valence-electron chi connectivity index (χ2n) is 4.65. The summed E-state index contributed by atoms with van der Waals surface area (Å²) >= 11 is 0. The number of carbonyl (C=O) groups is 1. The zero-order valence-electron chi connectivity index (χ0n) is 11.2. The Kier molecular flexibility index (Phi) is 3.25. The van der Waals surface area contributed by atoms with Crippen LogP contribution < -0.4 is 5.32 Å². The fourth-order valence-corrected chi connectivity index (χ4v) is 2.11. The molecule has 0 radical (unpaired) electrons. The molecular weight excluding hydrogens is 250 g/mol. The molecule has 3 aromatic rings. The predicted molar refractivity (Wildman–Crippen MR) is 80.0 cm³/mol. The smallest absolute Gasteiger partial charge is 0.291 e. The highest BCUT2D eigenvalue weighted by Gasteiger charge is 2.12. The molecule has 1 amide bonds. The molecule has 0 saturated heterocycles. The van der Waals surface area contributed by atoms with Gasteiger partial charge in [-0.3, -0.25) is 4.79 Å². The van der Waals surface area contributed by atoms with Gasteiger partial charge in [0.25, 0.3) is 5.91 Å². The SMILES string of the molecule is CCc1ccc(NC(=O)c2cc3ccccc3o2)cc1. The molecule has 0 bridgehead atoms. The fourth-order valence-electron chi connectivity index (χ4n) is 2.11. The molecule has 100 valence electrons. The first kappa shape index (κ1) is 12.5. The summed E-state index contributed by atoms with van der Waals surface area (Å²) in [5, 5.41) is 3.77. The quantitative estimate of drug-likeness (QED) is 0.769. The van der Waals surface area contributed by atoms with E-state index in [1.54, 1.807) is 6.07 Å². The highest BCUT2D eigenvalue weighted by atomic mass is 16.3. The number of hydrogen-bond acceptors (Lipinski definition) is 2. The Morgan fingerprint density at radius 3 is 2.55 bits per heavy atom. The summed E-state index contributed by atoms with van der Waals surface area (Å²) < 4.78 is 5.53. The lowest BCUT2D eigenvalue weighted by Crippen LogP contribution is -2.10. The minimum Gasteiger partial charge on any atom is -0.451 e. The molecule has 1 heterocycles. The molecule has 1 N–H and O–H groups in total. The van der Waals surface area contributed by atoms with E-state index >= 15 is 0 Å². The van der Waals surface area contributed by atoms with Crippen molar-refractivity contribution in [3.63, 3.8) is 0 Å². The monoisotopic (exact) mass is 265 g/mol. The molecule has 0 fully saturated rings. The third-order valence-electron chi connectivity index (χ3n) is 3.27.